The third-order valence-corrected chi connectivity index (χ3v) is 8.53. The molecule has 0 aliphatic rings. The summed E-state index contributed by atoms with van der Waals surface area (Å²) in [4.78, 5) is 34.7. The molecule has 0 bridgehead atoms. The molecule has 3 atom stereocenters. The Hall–Kier alpha value is -1.55. The third kappa shape index (κ3) is 32.8. The van der Waals surface area contributed by atoms with Gasteiger partial charge in [0.1, 0.15) is 12.7 Å². The fourth-order valence-electron chi connectivity index (χ4n) is 4.67. The number of rotatable bonds is 34. The minimum Gasteiger partial charge on any atom is -0.462 e. The molecule has 0 aliphatic heterocycles. The van der Waals surface area contributed by atoms with Crippen molar-refractivity contribution in [2.24, 2.45) is 0 Å². The molecule has 0 aromatic heterocycles. The van der Waals surface area contributed by atoms with Crippen LogP contribution >= 0.6 is 7.82 Å². The Bertz CT molecular complexity index is 848. The summed E-state index contributed by atoms with van der Waals surface area (Å²) in [6.45, 7) is 2.28. The van der Waals surface area contributed by atoms with E-state index in [1.807, 2.05) is 0 Å². The summed E-state index contributed by atoms with van der Waals surface area (Å²) in [5.41, 5.74) is 0. The maximum absolute atomic E-state index is 12.5. The van der Waals surface area contributed by atoms with E-state index in [-0.39, 0.29) is 19.4 Å². The zero-order valence-electron chi connectivity index (χ0n) is 29.5. The van der Waals surface area contributed by atoms with E-state index in [1.165, 1.54) is 38.5 Å². The van der Waals surface area contributed by atoms with E-state index in [0.717, 1.165) is 77.0 Å². The predicted octanol–water partition coefficient (Wildman–Crippen LogP) is 8.66. The van der Waals surface area contributed by atoms with Crippen molar-refractivity contribution in [2.45, 2.75) is 167 Å². The smallest absolute Gasteiger partial charge is 0.462 e. The molecule has 0 aliphatic carbocycles. The maximum Gasteiger partial charge on any atom is 0.472 e. The van der Waals surface area contributed by atoms with Gasteiger partial charge in [0.05, 0.1) is 19.8 Å². The Morgan fingerprint density at radius 1 is 0.617 bits per heavy atom. The first-order valence-electron chi connectivity index (χ1n) is 18.3. The molecule has 1 unspecified atom stereocenters. The maximum atomic E-state index is 12.5. The summed E-state index contributed by atoms with van der Waals surface area (Å²) in [6.07, 6.45) is 28.7. The lowest BCUT2D eigenvalue weighted by atomic mass is 10.1. The summed E-state index contributed by atoms with van der Waals surface area (Å²) in [5, 5.41) is 18.2. The van der Waals surface area contributed by atoms with Crippen molar-refractivity contribution in [1.82, 2.24) is 0 Å². The van der Waals surface area contributed by atoms with E-state index in [0.29, 0.717) is 12.8 Å². The van der Waals surface area contributed by atoms with Gasteiger partial charge in [-0.25, -0.2) is 4.57 Å². The fourth-order valence-corrected chi connectivity index (χ4v) is 5.46. The Morgan fingerprint density at radius 2 is 1.06 bits per heavy atom. The van der Waals surface area contributed by atoms with Crippen molar-refractivity contribution in [2.75, 3.05) is 26.4 Å². The number of hydrogen-bond acceptors (Lipinski definition) is 9. The number of carbonyl (C=O) groups excluding carboxylic acids is 2. The van der Waals surface area contributed by atoms with Crippen LogP contribution in [-0.4, -0.2) is 65.7 Å². The average Bonchev–Trinajstić information content (AvgIpc) is 3.05. The summed E-state index contributed by atoms with van der Waals surface area (Å²) in [6, 6.07) is 0. The highest BCUT2D eigenvalue weighted by atomic mass is 31.2. The molecule has 11 heteroatoms. The SMILES string of the molecule is CCCC/C=C/CCCCCCCC(=O)OC[C@H](COP(=O)(O)OC[C@@H](O)CO)OC(=O)CCCCCCC/C=C/CCCCCC. The topological polar surface area (TPSA) is 149 Å². The van der Waals surface area contributed by atoms with Gasteiger partial charge in [0.25, 0.3) is 0 Å². The van der Waals surface area contributed by atoms with E-state index >= 15 is 0 Å². The van der Waals surface area contributed by atoms with Crippen molar-refractivity contribution >= 4 is 19.8 Å². The number of ether oxygens (including phenoxy) is 2. The second-order valence-electron chi connectivity index (χ2n) is 12.2. The number of phosphoric ester groups is 1. The van der Waals surface area contributed by atoms with Gasteiger partial charge in [0.15, 0.2) is 6.10 Å². The second kappa shape index (κ2) is 33.0. The number of unbranched alkanes of at least 4 members (excludes halogenated alkanes) is 16. The van der Waals surface area contributed by atoms with Crippen molar-refractivity contribution in [3.63, 3.8) is 0 Å². The lowest BCUT2D eigenvalue weighted by molar-refractivity contribution is -0.161. The summed E-state index contributed by atoms with van der Waals surface area (Å²) in [5.74, 6) is -0.948. The number of allylic oxidation sites excluding steroid dienone is 4. The minimum absolute atomic E-state index is 0.173. The van der Waals surface area contributed by atoms with Gasteiger partial charge < -0.3 is 24.6 Å². The van der Waals surface area contributed by atoms with Gasteiger partial charge in [0.2, 0.25) is 0 Å². The highest BCUT2D eigenvalue weighted by Crippen LogP contribution is 2.43. The molecular weight excluding hydrogens is 623 g/mol. The summed E-state index contributed by atoms with van der Waals surface area (Å²) in [7, 11) is -4.61. The van der Waals surface area contributed by atoms with Gasteiger partial charge >= 0.3 is 19.8 Å². The number of aliphatic hydroxyl groups is 2. The van der Waals surface area contributed by atoms with E-state index in [4.69, 9.17) is 19.1 Å². The van der Waals surface area contributed by atoms with Crippen LogP contribution in [0.25, 0.3) is 0 Å². The second-order valence-corrected chi connectivity index (χ2v) is 13.7. The average molecular weight is 691 g/mol. The number of aliphatic hydroxyl groups excluding tert-OH is 2. The Labute approximate surface area is 285 Å². The predicted molar refractivity (Wildman–Crippen MR) is 187 cm³/mol. The van der Waals surface area contributed by atoms with Crippen molar-refractivity contribution < 1.29 is 47.8 Å². The standard InChI is InChI=1S/C36H67O10P/c1-3-5-7-9-11-13-15-16-18-20-22-24-26-28-36(40)46-34(32-45-47(41,42)44-30-33(38)29-37)31-43-35(39)27-25-23-21-19-17-14-12-10-8-6-4-2/h10,12-13,15,33-34,37-38H,3-9,11,14,16-32H2,1-2H3,(H,41,42)/b12-10+,15-13+/t33-,34+/m0/s1. The Kier molecular flexibility index (Phi) is 31.9. The Balaban J connectivity index is 4.42. The molecule has 0 aromatic carbocycles. The van der Waals surface area contributed by atoms with Crippen LogP contribution in [0.4, 0.5) is 0 Å². The lowest BCUT2D eigenvalue weighted by Gasteiger charge is -2.20. The molecule has 0 heterocycles. The van der Waals surface area contributed by atoms with Gasteiger partial charge in [-0.1, -0.05) is 109 Å². The molecule has 0 saturated carbocycles. The molecule has 0 saturated heterocycles. The van der Waals surface area contributed by atoms with Crippen molar-refractivity contribution in [3.8, 4) is 0 Å². The zero-order valence-corrected chi connectivity index (χ0v) is 30.4. The van der Waals surface area contributed by atoms with Crippen molar-refractivity contribution in [1.29, 1.82) is 0 Å². The van der Waals surface area contributed by atoms with E-state index in [9.17, 15) is 24.2 Å². The summed E-state index contributed by atoms with van der Waals surface area (Å²) < 4.78 is 32.5. The third-order valence-electron chi connectivity index (χ3n) is 7.58. The highest BCUT2D eigenvalue weighted by molar-refractivity contribution is 7.47. The van der Waals surface area contributed by atoms with Gasteiger partial charge in [-0.2, -0.15) is 0 Å². The first-order chi connectivity index (χ1) is 22.7. The number of phosphoric acid groups is 1. The molecular formula is C36H67O10P. The van der Waals surface area contributed by atoms with Gasteiger partial charge in [-0.15, -0.1) is 0 Å². The zero-order chi connectivity index (χ0) is 34.9. The lowest BCUT2D eigenvalue weighted by Crippen LogP contribution is -2.29. The van der Waals surface area contributed by atoms with Crippen LogP contribution in [-0.2, 0) is 32.7 Å². The van der Waals surface area contributed by atoms with Crippen LogP contribution in [0.2, 0.25) is 0 Å². The molecule has 0 rings (SSSR count). The molecule has 0 fully saturated rings. The monoisotopic (exact) mass is 690 g/mol. The van der Waals surface area contributed by atoms with Gasteiger partial charge in [0, 0.05) is 12.8 Å². The van der Waals surface area contributed by atoms with Gasteiger partial charge in [-0.05, 0) is 57.8 Å². The fraction of sp³-hybridized carbons (Fsp3) is 0.833. The van der Waals surface area contributed by atoms with E-state index in [1.54, 1.807) is 0 Å². The van der Waals surface area contributed by atoms with E-state index in [2.05, 4.69) is 42.7 Å². The minimum atomic E-state index is -4.61. The first kappa shape index (κ1) is 45.5. The highest BCUT2D eigenvalue weighted by Gasteiger charge is 2.27. The number of carbonyl (C=O) groups is 2. The molecule has 0 spiro atoms. The first-order valence-corrected chi connectivity index (χ1v) is 19.8. The van der Waals surface area contributed by atoms with Gasteiger partial charge in [-0.3, -0.25) is 18.6 Å². The van der Waals surface area contributed by atoms with Crippen molar-refractivity contribution in [3.05, 3.63) is 24.3 Å². The molecule has 3 N–H and O–H groups in total. The normalized spacial score (nSPS) is 14.4. The Morgan fingerprint density at radius 3 is 1.60 bits per heavy atom. The molecule has 10 nitrogen and oxygen atoms in total. The van der Waals surface area contributed by atoms with Crippen LogP contribution in [0.1, 0.15) is 155 Å². The quantitative estimate of drug-likeness (QED) is 0.0259. The molecule has 276 valence electrons. The van der Waals surface area contributed by atoms with Crippen LogP contribution in [0, 0.1) is 0 Å². The van der Waals surface area contributed by atoms with Crippen LogP contribution in [0.5, 0.6) is 0 Å². The molecule has 0 radical (unpaired) electrons. The number of hydrogen-bond donors (Lipinski definition) is 3. The largest absolute Gasteiger partial charge is 0.472 e. The van der Waals surface area contributed by atoms with Crippen LogP contribution in [0.15, 0.2) is 24.3 Å². The van der Waals surface area contributed by atoms with Crippen LogP contribution < -0.4 is 0 Å². The summed E-state index contributed by atoms with van der Waals surface area (Å²) >= 11 is 0. The molecule has 47 heavy (non-hydrogen) atoms. The van der Waals surface area contributed by atoms with E-state index < -0.39 is 51.8 Å². The van der Waals surface area contributed by atoms with Crippen LogP contribution in [0.3, 0.4) is 0 Å². The number of esters is 2. The molecule has 0 aromatic rings. The molecule has 0 amide bonds.